The van der Waals surface area contributed by atoms with Crippen molar-refractivity contribution in [2.75, 3.05) is 13.6 Å². The number of fused-ring (bicyclic) bond motifs is 3. The average molecular weight is 740 g/mol. The maximum atomic E-state index is 14.3. The molecule has 3 heterocycles. The Balaban J connectivity index is 1.58. The van der Waals surface area contributed by atoms with Crippen molar-refractivity contribution in [3.05, 3.63) is 87.7 Å². The minimum absolute atomic E-state index is 0.0579. The lowest BCUT2D eigenvalue weighted by atomic mass is 10.0. The lowest BCUT2D eigenvalue weighted by molar-refractivity contribution is -0.142. The number of amides is 4. The molecule has 12 nitrogen and oxygen atoms in total. The number of hydrogen-bond donors (Lipinski definition) is 6. The average Bonchev–Trinajstić information content (AvgIpc) is 3.51. The summed E-state index contributed by atoms with van der Waals surface area (Å²) in [5.74, 6) is -1.92. The Bertz CT molecular complexity index is 1870. The first-order chi connectivity index (χ1) is 24.0. The molecule has 0 bridgehead atoms. The number of pyridine rings is 1. The van der Waals surface area contributed by atoms with E-state index in [1.54, 1.807) is 31.4 Å². The number of H-pyrrole nitrogens is 1. The molecular weight excluding hydrogens is 699 g/mol. The van der Waals surface area contributed by atoms with E-state index >= 15 is 0 Å². The number of para-hydroxylation sites is 1. The normalized spacial score (nSPS) is 19.3. The molecule has 4 aromatic rings. The fraction of sp³-hybridized carbons (Fsp3) is 0.343. The summed E-state index contributed by atoms with van der Waals surface area (Å²) in [5, 5.41) is 11.4. The largest absolute Gasteiger partial charge is 0.370 e. The molecule has 0 aliphatic carbocycles. The smallest absolute Gasteiger partial charge is 0.245 e. The molecular formula is C35H40Cl2N8O4S. The monoisotopic (exact) mass is 738 g/mol. The Kier molecular flexibility index (Phi) is 12.8. The van der Waals surface area contributed by atoms with Crippen LogP contribution in [0.1, 0.15) is 42.4 Å². The van der Waals surface area contributed by atoms with Crippen molar-refractivity contribution < 1.29 is 19.2 Å². The molecule has 0 saturated carbocycles. The van der Waals surface area contributed by atoms with Gasteiger partial charge < -0.3 is 37.3 Å². The summed E-state index contributed by atoms with van der Waals surface area (Å²) in [6.07, 6.45) is 4.38. The van der Waals surface area contributed by atoms with Crippen molar-refractivity contribution in [3.63, 3.8) is 0 Å². The van der Waals surface area contributed by atoms with Gasteiger partial charge in [0.05, 0.1) is 11.1 Å². The second-order valence-corrected chi connectivity index (χ2v) is 14.0. The first kappa shape index (κ1) is 37.1. The third-order valence-electron chi connectivity index (χ3n) is 8.64. The summed E-state index contributed by atoms with van der Waals surface area (Å²) in [5.41, 5.74) is 14.4. The highest BCUT2D eigenvalue weighted by molar-refractivity contribution is 7.99. The maximum absolute atomic E-state index is 14.3. The Morgan fingerprint density at radius 2 is 1.82 bits per heavy atom. The number of halogens is 2. The van der Waals surface area contributed by atoms with Gasteiger partial charge in [0.25, 0.3) is 0 Å². The van der Waals surface area contributed by atoms with Crippen LogP contribution in [0.4, 0.5) is 0 Å². The number of nitrogens with zero attached hydrogens (tertiary/aromatic N) is 2. The van der Waals surface area contributed by atoms with Gasteiger partial charge in [0, 0.05) is 66.2 Å². The number of benzene rings is 2. The Hall–Kier alpha value is -4.14. The molecule has 0 unspecified atom stereocenters. The lowest BCUT2D eigenvalue weighted by Crippen LogP contribution is -2.57. The van der Waals surface area contributed by atoms with Crippen LogP contribution in [0.25, 0.3) is 10.9 Å². The molecule has 8 N–H and O–H groups in total. The standard InChI is InChI=1S/C35H40Cl2N8O4S/c1-45-29(15-21-18-41-26-8-3-2-7-24(21)26)33(48)43-19-22-14-23(36)16-25(37)31(22)50-34-20(6-5-13-40-34)17-42-27(10-11-30(39)46)32(47)44-28(35(45)49)9-4-12-38/h2-3,5-8,13-14,16,18,27-29,41-42H,4,9-12,15,17,19,38H2,1H3,(H2,39,46)(H,43,48)(H,44,47)/t27-,28-,29-/m0/s1. The van der Waals surface area contributed by atoms with Gasteiger partial charge in [0.1, 0.15) is 17.1 Å². The van der Waals surface area contributed by atoms with E-state index in [1.807, 2.05) is 36.5 Å². The predicted octanol–water partition coefficient (Wildman–Crippen LogP) is 3.67. The number of likely N-dealkylation sites (N-methyl/N-ethyl adjacent to an activating group) is 1. The van der Waals surface area contributed by atoms with Gasteiger partial charge in [0.15, 0.2) is 0 Å². The number of aromatic nitrogens is 2. The minimum Gasteiger partial charge on any atom is -0.370 e. The lowest BCUT2D eigenvalue weighted by Gasteiger charge is -2.32. The van der Waals surface area contributed by atoms with E-state index in [-0.39, 0.29) is 45.3 Å². The molecule has 0 spiro atoms. The number of carbonyl (C=O) groups is 4. The van der Waals surface area contributed by atoms with Crippen molar-refractivity contribution >= 4 is 69.5 Å². The van der Waals surface area contributed by atoms with Gasteiger partial charge >= 0.3 is 0 Å². The van der Waals surface area contributed by atoms with Gasteiger partial charge in [-0.2, -0.15) is 0 Å². The summed E-state index contributed by atoms with van der Waals surface area (Å²) in [6.45, 7) is 0.563. The summed E-state index contributed by atoms with van der Waals surface area (Å²) in [4.78, 5) is 63.9. The summed E-state index contributed by atoms with van der Waals surface area (Å²) in [6, 6.07) is 11.9. The van der Waals surface area contributed by atoms with E-state index in [2.05, 4.69) is 25.9 Å². The SMILES string of the molecule is CN1C(=O)[C@H](CCCN)NC(=O)[C@H](CCC(N)=O)NCc2cccnc2Sc2c(Cl)cc(Cl)cc2CNC(=O)[C@@H]1Cc1c[nH]c2ccccc12. The number of aromatic amines is 1. The first-order valence-electron chi connectivity index (χ1n) is 16.3. The zero-order valence-corrected chi connectivity index (χ0v) is 29.8. The summed E-state index contributed by atoms with van der Waals surface area (Å²) in [7, 11) is 1.56. The minimum atomic E-state index is -0.995. The molecule has 1 aliphatic heterocycles. The van der Waals surface area contributed by atoms with Crippen LogP contribution >= 0.6 is 35.0 Å². The Labute approximate surface area is 304 Å². The Morgan fingerprint density at radius 3 is 2.60 bits per heavy atom. The van der Waals surface area contributed by atoms with Crippen LogP contribution in [0.2, 0.25) is 10.0 Å². The summed E-state index contributed by atoms with van der Waals surface area (Å²) >= 11 is 14.5. The molecule has 0 radical (unpaired) electrons. The number of primary amides is 1. The van der Waals surface area contributed by atoms with E-state index in [0.29, 0.717) is 32.0 Å². The van der Waals surface area contributed by atoms with Crippen LogP contribution in [0.3, 0.4) is 0 Å². The van der Waals surface area contributed by atoms with E-state index in [9.17, 15) is 19.2 Å². The molecule has 2 aromatic heterocycles. The molecule has 2 aromatic carbocycles. The van der Waals surface area contributed by atoms with Crippen molar-refractivity contribution in [1.82, 2.24) is 30.8 Å². The predicted molar refractivity (Wildman–Crippen MR) is 195 cm³/mol. The van der Waals surface area contributed by atoms with Gasteiger partial charge in [-0.3, -0.25) is 19.2 Å². The number of nitrogens with one attached hydrogen (secondary N) is 4. The second kappa shape index (κ2) is 17.2. The third-order valence-corrected chi connectivity index (χ3v) is 10.5. The molecule has 3 atom stereocenters. The molecule has 5 rings (SSSR count). The third kappa shape index (κ3) is 9.15. The van der Waals surface area contributed by atoms with Crippen molar-refractivity contribution in [2.24, 2.45) is 11.5 Å². The van der Waals surface area contributed by atoms with Crippen LogP contribution in [-0.2, 0) is 38.7 Å². The van der Waals surface area contributed by atoms with Gasteiger partial charge in [-0.1, -0.05) is 59.2 Å². The van der Waals surface area contributed by atoms with Crippen molar-refractivity contribution in [3.8, 4) is 0 Å². The number of carbonyl (C=O) groups excluding carboxylic acids is 4. The molecule has 4 amide bonds. The van der Waals surface area contributed by atoms with Crippen molar-refractivity contribution in [2.45, 2.75) is 73.2 Å². The number of rotatable bonds is 8. The molecule has 15 heteroatoms. The highest BCUT2D eigenvalue weighted by Gasteiger charge is 2.34. The van der Waals surface area contributed by atoms with E-state index in [0.717, 1.165) is 22.0 Å². The maximum Gasteiger partial charge on any atom is 0.245 e. The zero-order valence-electron chi connectivity index (χ0n) is 27.5. The van der Waals surface area contributed by atoms with Crippen LogP contribution in [0.5, 0.6) is 0 Å². The van der Waals surface area contributed by atoms with Gasteiger partial charge in [0.2, 0.25) is 23.6 Å². The van der Waals surface area contributed by atoms with E-state index in [1.165, 1.54) is 16.7 Å². The highest BCUT2D eigenvalue weighted by atomic mass is 35.5. The topological polar surface area (TPSA) is 188 Å². The Morgan fingerprint density at radius 1 is 1.02 bits per heavy atom. The highest BCUT2D eigenvalue weighted by Crippen LogP contribution is 2.38. The van der Waals surface area contributed by atoms with Crippen LogP contribution in [-0.4, -0.2) is 70.2 Å². The van der Waals surface area contributed by atoms with Gasteiger partial charge in [-0.25, -0.2) is 4.98 Å². The first-order valence-corrected chi connectivity index (χ1v) is 17.8. The van der Waals surface area contributed by atoms with Gasteiger partial charge in [-0.05, 0) is 66.8 Å². The second-order valence-electron chi connectivity index (χ2n) is 12.1. The van der Waals surface area contributed by atoms with Crippen LogP contribution in [0.15, 0.2) is 70.8 Å². The van der Waals surface area contributed by atoms with Crippen LogP contribution < -0.4 is 27.4 Å². The van der Waals surface area contributed by atoms with E-state index < -0.39 is 41.8 Å². The molecule has 0 saturated heterocycles. The van der Waals surface area contributed by atoms with E-state index in [4.69, 9.17) is 34.7 Å². The molecule has 0 fully saturated rings. The molecule has 264 valence electrons. The fourth-order valence-electron chi connectivity index (χ4n) is 5.92. The fourth-order valence-corrected chi connectivity index (χ4v) is 7.57. The molecule has 1 aliphatic rings. The molecule has 50 heavy (non-hydrogen) atoms. The van der Waals surface area contributed by atoms with Crippen molar-refractivity contribution in [1.29, 1.82) is 0 Å². The van der Waals surface area contributed by atoms with Crippen LogP contribution in [0, 0.1) is 0 Å². The van der Waals surface area contributed by atoms with Gasteiger partial charge in [-0.15, -0.1) is 0 Å². The quantitative estimate of drug-likeness (QED) is 0.158. The number of nitrogens with two attached hydrogens (primary N) is 2. The summed E-state index contributed by atoms with van der Waals surface area (Å²) < 4.78 is 0. The zero-order chi connectivity index (χ0) is 35.8. The number of hydrogen-bond acceptors (Lipinski definition) is 8.